The lowest BCUT2D eigenvalue weighted by Gasteiger charge is -2.33. The molecule has 0 saturated heterocycles. The maximum Gasteiger partial charge on any atom is 0.412 e. The van der Waals surface area contributed by atoms with E-state index < -0.39 is 28.3 Å². The van der Waals surface area contributed by atoms with Crippen molar-refractivity contribution >= 4 is 33.7 Å². The summed E-state index contributed by atoms with van der Waals surface area (Å²) in [4.78, 5) is 25.2. The van der Waals surface area contributed by atoms with Crippen LogP contribution in [0.3, 0.4) is 0 Å². The summed E-state index contributed by atoms with van der Waals surface area (Å²) in [6.07, 6.45) is -1.55. The van der Waals surface area contributed by atoms with Crippen molar-refractivity contribution in [3.05, 3.63) is 83.9 Å². The van der Waals surface area contributed by atoms with Crippen molar-refractivity contribution in [2.45, 2.75) is 31.2 Å². The van der Waals surface area contributed by atoms with Crippen LogP contribution in [-0.2, 0) is 21.2 Å². The molecule has 0 spiro atoms. The quantitative estimate of drug-likeness (QED) is 0.245. The minimum Gasteiger partial charge on any atom is -0.465 e. The average molecular weight is 539 g/mol. The number of carbonyl (C=O) groups excluding carboxylic acids is 1. The van der Waals surface area contributed by atoms with Gasteiger partial charge >= 0.3 is 12.2 Å². The SMILES string of the molecule is COC(=O)NC(=N)c1cccc(CC(C(C)C)N(C(=O)O)c2ccc(-c3ccccc3S(N)(=O)=O)cc2)c1. The number of ether oxygens (including phenoxy) is 1. The van der Waals surface area contributed by atoms with Gasteiger partial charge in [0, 0.05) is 22.9 Å². The number of carboxylic acid groups (broad SMARTS) is 1. The average Bonchev–Trinajstić information content (AvgIpc) is 2.88. The number of hydrogen-bond acceptors (Lipinski definition) is 6. The Kier molecular flexibility index (Phi) is 8.87. The lowest BCUT2D eigenvalue weighted by Crippen LogP contribution is -2.44. The number of amidine groups is 1. The summed E-state index contributed by atoms with van der Waals surface area (Å²) in [6, 6.07) is 19.4. The number of hydrogen-bond donors (Lipinski definition) is 4. The second-order valence-electron chi connectivity index (χ2n) is 8.95. The summed E-state index contributed by atoms with van der Waals surface area (Å²) in [7, 11) is -2.74. The Balaban J connectivity index is 1.93. The molecule has 0 saturated carbocycles. The molecule has 0 heterocycles. The first kappa shape index (κ1) is 28.4. The highest BCUT2D eigenvalue weighted by Gasteiger charge is 2.28. The van der Waals surface area contributed by atoms with Gasteiger partial charge in [-0.05, 0) is 47.7 Å². The fourth-order valence-electron chi connectivity index (χ4n) is 4.14. The van der Waals surface area contributed by atoms with Crippen molar-refractivity contribution in [3.63, 3.8) is 0 Å². The molecule has 5 N–H and O–H groups in total. The highest BCUT2D eigenvalue weighted by molar-refractivity contribution is 7.89. The largest absolute Gasteiger partial charge is 0.465 e. The molecule has 3 rings (SSSR count). The van der Waals surface area contributed by atoms with Gasteiger partial charge < -0.3 is 9.84 Å². The molecular weight excluding hydrogens is 508 g/mol. The number of carbonyl (C=O) groups is 2. The molecule has 1 unspecified atom stereocenters. The first-order chi connectivity index (χ1) is 17.9. The fraction of sp³-hybridized carbons (Fsp3) is 0.222. The monoisotopic (exact) mass is 538 g/mol. The molecule has 0 aromatic heterocycles. The smallest absolute Gasteiger partial charge is 0.412 e. The summed E-state index contributed by atoms with van der Waals surface area (Å²) in [5, 5.41) is 25.9. The first-order valence-corrected chi connectivity index (χ1v) is 13.2. The number of benzene rings is 3. The molecule has 0 bridgehead atoms. The van der Waals surface area contributed by atoms with Crippen LogP contribution in [0.2, 0.25) is 0 Å². The van der Waals surface area contributed by atoms with E-state index in [1.165, 1.54) is 18.1 Å². The Morgan fingerprint density at radius 1 is 1.05 bits per heavy atom. The van der Waals surface area contributed by atoms with Gasteiger partial charge in [-0.15, -0.1) is 0 Å². The van der Waals surface area contributed by atoms with E-state index in [4.69, 9.17) is 10.5 Å². The summed E-state index contributed by atoms with van der Waals surface area (Å²) in [6.45, 7) is 3.84. The number of alkyl carbamates (subject to hydrolysis) is 1. The highest BCUT2D eigenvalue weighted by atomic mass is 32.2. The van der Waals surface area contributed by atoms with Crippen LogP contribution in [-0.4, -0.2) is 44.7 Å². The van der Waals surface area contributed by atoms with Gasteiger partial charge in [0.25, 0.3) is 0 Å². The van der Waals surface area contributed by atoms with E-state index in [0.29, 0.717) is 28.8 Å². The number of methoxy groups -OCH3 is 1. The molecule has 10 nitrogen and oxygen atoms in total. The second-order valence-corrected chi connectivity index (χ2v) is 10.5. The van der Waals surface area contributed by atoms with Crippen molar-refractivity contribution in [2.75, 3.05) is 12.0 Å². The summed E-state index contributed by atoms with van der Waals surface area (Å²) < 4.78 is 28.6. The number of nitrogens with two attached hydrogens (primary N) is 1. The number of anilines is 1. The number of amides is 2. The molecule has 0 radical (unpaired) electrons. The first-order valence-electron chi connectivity index (χ1n) is 11.7. The van der Waals surface area contributed by atoms with Gasteiger partial charge in [0.05, 0.1) is 12.0 Å². The van der Waals surface area contributed by atoms with Gasteiger partial charge in [-0.1, -0.05) is 62.4 Å². The normalized spacial score (nSPS) is 12.0. The molecule has 0 aliphatic carbocycles. The summed E-state index contributed by atoms with van der Waals surface area (Å²) in [5.41, 5.74) is 2.65. The second kappa shape index (κ2) is 11.9. The van der Waals surface area contributed by atoms with E-state index in [-0.39, 0.29) is 16.6 Å². The molecule has 0 aliphatic rings. The minimum atomic E-state index is -3.95. The molecule has 200 valence electrons. The van der Waals surface area contributed by atoms with E-state index in [0.717, 1.165) is 5.56 Å². The minimum absolute atomic E-state index is 0.0185. The number of sulfonamides is 1. The third kappa shape index (κ3) is 6.75. The Morgan fingerprint density at radius 3 is 2.29 bits per heavy atom. The third-order valence-corrected chi connectivity index (χ3v) is 7.00. The van der Waals surface area contributed by atoms with Gasteiger partial charge in [-0.25, -0.2) is 23.1 Å². The molecule has 11 heteroatoms. The van der Waals surface area contributed by atoms with Crippen LogP contribution >= 0.6 is 0 Å². The van der Waals surface area contributed by atoms with Crippen LogP contribution < -0.4 is 15.4 Å². The number of nitrogens with zero attached hydrogens (tertiary/aromatic N) is 1. The Bertz CT molecular complexity index is 1440. The van der Waals surface area contributed by atoms with Gasteiger partial charge in [0.1, 0.15) is 5.84 Å². The van der Waals surface area contributed by atoms with Crippen LogP contribution in [0.4, 0.5) is 15.3 Å². The number of nitrogens with one attached hydrogen (secondary N) is 2. The predicted molar refractivity (Wildman–Crippen MR) is 145 cm³/mol. The van der Waals surface area contributed by atoms with Gasteiger partial charge in [-0.2, -0.15) is 0 Å². The van der Waals surface area contributed by atoms with Crippen molar-refractivity contribution in [1.82, 2.24) is 5.32 Å². The maximum atomic E-state index is 12.4. The van der Waals surface area contributed by atoms with Crippen molar-refractivity contribution in [3.8, 4) is 11.1 Å². The van der Waals surface area contributed by atoms with E-state index >= 15 is 0 Å². The van der Waals surface area contributed by atoms with Crippen LogP contribution in [0.5, 0.6) is 0 Å². The predicted octanol–water partition coefficient (Wildman–Crippen LogP) is 4.43. The standard InChI is InChI=1S/C27H30N4O6S/c1-17(2)23(16-18-7-6-8-20(15-18)25(28)30-26(32)37-3)31(27(33)34)21-13-11-19(12-14-21)22-9-4-5-10-24(22)38(29,35)36/h4-15,17,23H,16H2,1-3H3,(H,33,34)(H2,28,30,32)(H2,29,35,36). The number of rotatable bonds is 8. The Hall–Kier alpha value is -4.22. The molecule has 0 aliphatic heterocycles. The van der Waals surface area contributed by atoms with Crippen molar-refractivity contribution in [1.29, 1.82) is 5.41 Å². The van der Waals surface area contributed by atoms with E-state index in [9.17, 15) is 23.1 Å². The van der Waals surface area contributed by atoms with Crippen molar-refractivity contribution in [2.24, 2.45) is 11.1 Å². The molecule has 2 amide bonds. The van der Waals surface area contributed by atoms with Gasteiger partial charge in [0.15, 0.2) is 0 Å². The lowest BCUT2D eigenvalue weighted by atomic mass is 9.93. The zero-order chi connectivity index (χ0) is 28.0. The van der Waals surface area contributed by atoms with Crippen LogP contribution in [0.25, 0.3) is 11.1 Å². The molecular formula is C27H30N4O6S. The third-order valence-electron chi connectivity index (χ3n) is 6.03. The topological polar surface area (TPSA) is 163 Å². The zero-order valence-electron chi connectivity index (χ0n) is 21.2. The van der Waals surface area contributed by atoms with Gasteiger partial charge in [-0.3, -0.25) is 15.6 Å². The summed E-state index contributed by atoms with van der Waals surface area (Å²) >= 11 is 0. The molecule has 38 heavy (non-hydrogen) atoms. The molecule has 1 atom stereocenters. The number of primary sulfonamides is 1. The van der Waals surface area contributed by atoms with Crippen molar-refractivity contribution < 1.29 is 27.9 Å². The highest BCUT2D eigenvalue weighted by Crippen LogP contribution is 2.30. The van der Waals surface area contributed by atoms with E-state index in [1.54, 1.807) is 60.7 Å². The van der Waals surface area contributed by atoms with Crippen LogP contribution in [0, 0.1) is 11.3 Å². The summed E-state index contributed by atoms with van der Waals surface area (Å²) in [5.74, 6) is -0.213. The molecule has 3 aromatic rings. The maximum absolute atomic E-state index is 12.4. The zero-order valence-corrected chi connectivity index (χ0v) is 22.0. The van der Waals surface area contributed by atoms with Crippen LogP contribution in [0.15, 0.2) is 77.7 Å². The molecule has 3 aromatic carbocycles. The molecule has 0 fully saturated rings. The fourth-order valence-corrected chi connectivity index (χ4v) is 4.90. The van der Waals surface area contributed by atoms with E-state index in [2.05, 4.69) is 10.1 Å². The Morgan fingerprint density at radius 2 is 1.71 bits per heavy atom. The van der Waals surface area contributed by atoms with E-state index in [1.807, 2.05) is 19.9 Å². The van der Waals surface area contributed by atoms with Crippen LogP contribution in [0.1, 0.15) is 25.0 Å². The lowest BCUT2D eigenvalue weighted by molar-refractivity contribution is 0.176. The van der Waals surface area contributed by atoms with Gasteiger partial charge in [0.2, 0.25) is 10.0 Å². The Labute approximate surface area is 221 Å².